The Bertz CT molecular complexity index is 288. The molecule has 0 amide bonds. The van der Waals surface area contributed by atoms with Gasteiger partial charge >= 0.3 is 0 Å². The third-order valence-corrected chi connectivity index (χ3v) is 4.27. The molecular weight excluding hydrogens is 207 g/mol. The Morgan fingerprint density at radius 1 is 1.07 bits per heavy atom. The molecule has 0 unspecified atom stereocenters. The van der Waals surface area contributed by atoms with E-state index in [0.717, 1.165) is 5.92 Å². The maximum Gasteiger partial charge on any atom is 0.123 e. The molecule has 0 saturated heterocycles. The summed E-state index contributed by atoms with van der Waals surface area (Å²) in [6.07, 6.45) is 6.98. The van der Waals surface area contributed by atoms with Crippen LogP contribution in [0.15, 0.2) is 29.2 Å². The van der Waals surface area contributed by atoms with Crippen LogP contribution >= 0.6 is 11.8 Å². The SMILES string of the molecule is Fc1ccc(SCC2CCCCC2)cc1. The lowest BCUT2D eigenvalue weighted by Crippen LogP contribution is -2.08. The van der Waals surface area contributed by atoms with E-state index < -0.39 is 0 Å². The molecule has 0 bridgehead atoms. The Hall–Kier alpha value is -0.500. The topological polar surface area (TPSA) is 0 Å². The minimum Gasteiger partial charge on any atom is -0.207 e. The summed E-state index contributed by atoms with van der Waals surface area (Å²) in [6, 6.07) is 6.85. The van der Waals surface area contributed by atoms with Gasteiger partial charge in [-0.25, -0.2) is 4.39 Å². The van der Waals surface area contributed by atoms with Crippen molar-refractivity contribution in [1.82, 2.24) is 0 Å². The molecule has 0 aromatic heterocycles. The standard InChI is InChI=1S/C13H17FS/c14-12-6-8-13(9-7-12)15-10-11-4-2-1-3-5-11/h6-9,11H,1-5,10H2. The molecule has 1 fully saturated rings. The zero-order chi connectivity index (χ0) is 10.5. The van der Waals surface area contributed by atoms with Gasteiger partial charge < -0.3 is 0 Å². The number of rotatable bonds is 3. The second kappa shape index (κ2) is 5.55. The van der Waals surface area contributed by atoms with Gasteiger partial charge in [-0.2, -0.15) is 0 Å². The van der Waals surface area contributed by atoms with Crippen LogP contribution in [0.3, 0.4) is 0 Å². The molecule has 2 heteroatoms. The minimum atomic E-state index is -0.142. The van der Waals surface area contributed by atoms with Crippen LogP contribution in [-0.2, 0) is 0 Å². The van der Waals surface area contributed by atoms with Crippen LogP contribution in [0.2, 0.25) is 0 Å². The van der Waals surface area contributed by atoms with Gasteiger partial charge in [-0.3, -0.25) is 0 Å². The molecule has 0 N–H and O–H groups in total. The van der Waals surface area contributed by atoms with Crippen molar-refractivity contribution < 1.29 is 4.39 Å². The van der Waals surface area contributed by atoms with Crippen molar-refractivity contribution in [2.45, 2.75) is 37.0 Å². The van der Waals surface area contributed by atoms with Gasteiger partial charge in [0.15, 0.2) is 0 Å². The molecule has 15 heavy (non-hydrogen) atoms. The highest BCUT2D eigenvalue weighted by Gasteiger charge is 2.13. The van der Waals surface area contributed by atoms with E-state index in [2.05, 4.69) is 0 Å². The fourth-order valence-electron chi connectivity index (χ4n) is 2.10. The first kappa shape index (κ1) is 11.0. The fourth-order valence-corrected chi connectivity index (χ4v) is 3.19. The van der Waals surface area contributed by atoms with E-state index in [1.165, 1.54) is 42.8 Å². The molecule has 82 valence electrons. The van der Waals surface area contributed by atoms with Crippen molar-refractivity contribution >= 4 is 11.8 Å². The third-order valence-electron chi connectivity index (χ3n) is 3.02. The van der Waals surface area contributed by atoms with E-state index in [4.69, 9.17) is 0 Å². The number of hydrogen-bond donors (Lipinski definition) is 0. The Morgan fingerprint density at radius 3 is 2.40 bits per heavy atom. The van der Waals surface area contributed by atoms with Crippen LogP contribution in [-0.4, -0.2) is 5.75 Å². The Morgan fingerprint density at radius 2 is 1.73 bits per heavy atom. The van der Waals surface area contributed by atoms with Gasteiger partial charge in [0.25, 0.3) is 0 Å². The first-order valence-electron chi connectivity index (χ1n) is 5.73. The Labute approximate surface area is 95.3 Å². The molecular formula is C13H17FS. The molecule has 1 aliphatic carbocycles. The van der Waals surface area contributed by atoms with Crippen molar-refractivity contribution in [2.24, 2.45) is 5.92 Å². The molecule has 0 nitrogen and oxygen atoms in total. The lowest BCUT2D eigenvalue weighted by Gasteiger charge is -2.20. The van der Waals surface area contributed by atoms with Crippen LogP contribution in [0.5, 0.6) is 0 Å². The average molecular weight is 224 g/mol. The van der Waals surface area contributed by atoms with Crippen LogP contribution in [0, 0.1) is 11.7 Å². The van der Waals surface area contributed by atoms with Gasteiger partial charge in [-0.15, -0.1) is 11.8 Å². The van der Waals surface area contributed by atoms with Crippen molar-refractivity contribution in [2.75, 3.05) is 5.75 Å². The highest BCUT2D eigenvalue weighted by atomic mass is 32.2. The summed E-state index contributed by atoms with van der Waals surface area (Å²) in [4.78, 5) is 1.20. The van der Waals surface area contributed by atoms with E-state index in [0.29, 0.717) is 0 Å². The molecule has 1 aromatic carbocycles. The normalized spacial score (nSPS) is 17.9. The molecule has 0 atom stereocenters. The lowest BCUT2D eigenvalue weighted by molar-refractivity contribution is 0.391. The van der Waals surface area contributed by atoms with Crippen molar-refractivity contribution in [3.63, 3.8) is 0 Å². The average Bonchev–Trinajstić information content (AvgIpc) is 2.30. The maximum absolute atomic E-state index is 12.7. The zero-order valence-corrected chi connectivity index (χ0v) is 9.73. The summed E-state index contributed by atoms with van der Waals surface area (Å²) in [5, 5.41) is 0. The van der Waals surface area contributed by atoms with Gasteiger partial charge in [0.05, 0.1) is 0 Å². The number of benzene rings is 1. The Balaban J connectivity index is 1.79. The van der Waals surface area contributed by atoms with E-state index >= 15 is 0 Å². The van der Waals surface area contributed by atoms with Crippen molar-refractivity contribution in [1.29, 1.82) is 0 Å². The molecule has 2 rings (SSSR count). The van der Waals surface area contributed by atoms with Crippen LogP contribution in [0.25, 0.3) is 0 Å². The summed E-state index contributed by atoms with van der Waals surface area (Å²) in [5.41, 5.74) is 0. The van der Waals surface area contributed by atoms with Crippen LogP contribution < -0.4 is 0 Å². The second-order valence-corrected chi connectivity index (χ2v) is 5.36. The summed E-state index contributed by atoms with van der Waals surface area (Å²) < 4.78 is 12.7. The molecule has 0 spiro atoms. The van der Waals surface area contributed by atoms with Crippen LogP contribution in [0.4, 0.5) is 4.39 Å². The maximum atomic E-state index is 12.7. The Kier molecular flexibility index (Phi) is 4.07. The highest BCUT2D eigenvalue weighted by Crippen LogP contribution is 2.29. The van der Waals surface area contributed by atoms with Crippen molar-refractivity contribution in [3.8, 4) is 0 Å². The first-order valence-corrected chi connectivity index (χ1v) is 6.71. The molecule has 1 aliphatic rings. The van der Waals surface area contributed by atoms with Crippen molar-refractivity contribution in [3.05, 3.63) is 30.1 Å². The van der Waals surface area contributed by atoms with E-state index in [1.54, 1.807) is 12.1 Å². The predicted octanol–water partition coefficient (Wildman–Crippen LogP) is 4.50. The predicted molar refractivity (Wildman–Crippen MR) is 63.7 cm³/mol. The minimum absolute atomic E-state index is 0.142. The number of thioether (sulfide) groups is 1. The molecule has 1 aromatic rings. The monoisotopic (exact) mass is 224 g/mol. The van der Waals surface area contributed by atoms with Gasteiger partial charge in [-0.1, -0.05) is 19.3 Å². The van der Waals surface area contributed by atoms with E-state index in [1.807, 2.05) is 23.9 Å². The summed E-state index contributed by atoms with van der Waals surface area (Å²) in [7, 11) is 0. The van der Waals surface area contributed by atoms with Gasteiger partial charge in [0.2, 0.25) is 0 Å². The third kappa shape index (κ3) is 3.53. The van der Waals surface area contributed by atoms with Gasteiger partial charge in [0.1, 0.15) is 5.82 Å². The fraction of sp³-hybridized carbons (Fsp3) is 0.538. The molecule has 0 heterocycles. The largest absolute Gasteiger partial charge is 0.207 e. The lowest BCUT2D eigenvalue weighted by atomic mass is 9.91. The van der Waals surface area contributed by atoms with E-state index in [-0.39, 0.29) is 5.82 Å². The number of halogens is 1. The van der Waals surface area contributed by atoms with E-state index in [9.17, 15) is 4.39 Å². The first-order chi connectivity index (χ1) is 7.34. The highest BCUT2D eigenvalue weighted by molar-refractivity contribution is 7.99. The summed E-state index contributed by atoms with van der Waals surface area (Å²) in [5.74, 6) is 1.94. The van der Waals surface area contributed by atoms with Gasteiger partial charge in [-0.05, 0) is 43.0 Å². The molecule has 1 saturated carbocycles. The zero-order valence-electron chi connectivity index (χ0n) is 8.92. The second-order valence-electron chi connectivity index (χ2n) is 4.27. The number of hydrogen-bond acceptors (Lipinski definition) is 1. The van der Waals surface area contributed by atoms with Gasteiger partial charge in [0, 0.05) is 10.6 Å². The smallest absolute Gasteiger partial charge is 0.123 e. The summed E-state index contributed by atoms with van der Waals surface area (Å²) in [6.45, 7) is 0. The summed E-state index contributed by atoms with van der Waals surface area (Å²) >= 11 is 1.87. The molecule has 0 radical (unpaired) electrons. The molecule has 0 aliphatic heterocycles. The van der Waals surface area contributed by atoms with Crippen LogP contribution in [0.1, 0.15) is 32.1 Å². The quantitative estimate of drug-likeness (QED) is 0.681.